The first-order valence-electron chi connectivity index (χ1n) is 5.21. The number of methoxy groups -OCH3 is 1. The van der Waals surface area contributed by atoms with Crippen molar-refractivity contribution in [2.45, 2.75) is 13.0 Å². The largest absolute Gasteiger partial charge is 0.497 e. The van der Waals surface area contributed by atoms with Gasteiger partial charge in [-0.1, -0.05) is 0 Å². The minimum absolute atomic E-state index is 0.213. The normalized spacial score (nSPS) is 13.0. The van der Waals surface area contributed by atoms with Gasteiger partial charge in [0.15, 0.2) is 0 Å². The van der Waals surface area contributed by atoms with E-state index in [0.717, 1.165) is 27.9 Å². The van der Waals surface area contributed by atoms with E-state index in [1.165, 1.54) is 0 Å². The van der Waals surface area contributed by atoms with Gasteiger partial charge in [0, 0.05) is 28.7 Å². The molecule has 4 nitrogen and oxygen atoms in total. The molecule has 0 amide bonds. The van der Waals surface area contributed by atoms with Gasteiger partial charge in [-0.15, -0.1) is 0 Å². The number of hydrogen-bond acceptors (Lipinski definition) is 3. The third-order valence-electron chi connectivity index (χ3n) is 2.80. The van der Waals surface area contributed by atoms with Crippen LogP contribution in [0.1, 0.15) is 17.4 Å². The first-order valence-corrected chi connectivity index (χ1v) is 5.21. The average Bonchev–Trinajstić information content (AvgIpc) is 2.63. The van der Waals surface area contributed by atoms with Gasteiger partial charge in [0.05, 0.1) is 13.2 Å². The van der Waals surface area contributed by atoms with Crippen molar-refractivity contribution in [3.63, 3.8) is 0 Å². The Labute approximate surface area is 94.0 Å². The summed E-state index contributed by atoms with van der Waals surface area (Å²) in [5.74, 6) is 0.775. The molecule has 0 saturated carbocycles. The molecule has 2 rings (SSSR count). The van der Waals surface area contributed by atoms with Crippen LogP contribution in [0.15, 0.2) is 18.2 Å². The number of nitrogens with two attached hydrogens (primary N) is 1. The van der Waals surface area contributed by atoms with Crippen molar-refractivity contribution in [1.82, 2.24) is 4.98 Å². The molecule has 1 aromatic carbocycles. The van der Waals surface area contributed by atoms with E-state index in [-0.39, 0.29) is 6.54 Å². The summed E-state index contributed by atoms with van der Waals surface area (Å²) < 4.78 is 5.17. The van der Waals surface area contributed by atoms with Gasteiger partial charge in [-0.25, -0.2) is 0 Å². The van der Waals surface area contributed by atoms with Gasteiger partial charge >= 0.3 is 0 Å². The molecule has 1 aromatic heterocycles. The van der Waals surface area contributed by atoms with Crippen molar-refractivity contribution >= 4 is 10.9 Å². The van der Waals surface area contributed by atoms with E-state index in [0.29, 0.717) is 0 Å². The Morgan fingerprint density at radius 2 is 2.25 bits per heavy atom. The molecular formula is C12H16N2O2. The Hall–Kier alpha value is -1.52. The summed E-state index contributed by atoms with van der Waals surface area (Å²) in [6.07, 6.45) is -0.638. The van der Waals surface area contributed by atoms with Crippen molar-refractivity contribution in [2.24, 2.45) is 5.73 Å². The number of aliphatic hydroxyl groups excluding tert-OH is 1. The van der Waals surface area contributed by atoms with Crippen molar-refractivity contribution in [3.8, 4) is 5.75 Å². The maximum atomic E-state index is 9.87. The van der Waals surface area contributed by atoms with Crippen LogP contribution in [-0.4, -0.2) is 23.7 Å². The van der Waals surface area contributed by atoms with Crippen LogP contribution in [0.3, 0.4) is 0 Å². The topological polar surface area (TPSA) is 71.3 Å². The summed E-state index contributed by atoms with van der Waals surface area (Å²) in [6.45, 7) is 2.14. The molecule has 4 N–H and O–H groups in total. The lowest BCUT2D eigenvalue weighted by Crippen LogP contribution is -2.12. The molecule has 0 bridgehead atoms. The third-order valence-corrected chi connectivity index (χ3v) is 2.80. The molecule has 0 radical (unpaired) electrons. The van der Waals surface area contributed by atoms with Gasteiger partial charge in [-0.05, 0) is 25.1 Å². The van der Waals surface area contributed by atoms with E-state index < -0.39 is 6.10 Å². The lowest BCUT2D eigenvalue weighted by atomic mass is 10.1. The second-order valence-corrected chi connectivity index (χ2v) is 3.83. The summed E-state index contributed by atoms with van der Waals surface area (Å²) in [5, 5.41) is 10.8. The monoisotopic (exact) mass is 220 g/mol. The second kappa shape index (κ2) is 4.15. The van der Waals surface area contributed by atoms with Gasteiger partial charge in [0.1, 0.15) is 5.75 Å². The Morgan fingerprint density at radius 3 is 2.88 bits per heavy atom. The Balaban J connectivity index is 2.65. The quantitative estimate of drug-likeness (QED) is 0.733. The highest BCUT2D eigenvalue weighted by atomic mass is 16.5. The fourth-order valence-electron chi connectivity index (χ4n) is 2.00. The number of aliphatic hydroxyl groups is 1. The third kappa shape index (κ3) is 1.66. The zero-order valence-electron chi connectivity index (χ0n) is 9.45. The average molecular weight is 220 g/mol. The first-order chi connectivity index (χ1) is 7.67. The molecule has 0 aliphatic rings. The summed E-state index contributed by atoms with van der Waals surface area (Å²) in [7, 11) is 1.62. The van der Waals surface area contributed by atoms with Crippen LogP contribution in [0.25, 0.3) is 10.9 Å². The zero-order valence-corrected chi connectivity index (χ0v) is 9.45. The Morgan fingerprint density at radius 1 is 1.50 bits per heavy atom. The van der Waals surface area contributed by atoms with Crippen molar-refractivity contribution in [2.75, 3.05) is 13.7 Å². The van der Waals surface area contributed by atoms with E-state index >= 15 is 0 Å². The molecular weight excluding hydrogens is 204 g/mol. The number of hydrogen-bond donors (Lipinski definition) is 3. The number of fused-ring (bicyclic) bond motifs is 1. The van der Waals surface area contributed by atoms with Gasteiger partial charge in [0.2, 0.25) is 0 Å². The Kier molecular flexibility index (Phi) is 2.85. The van der Waals surface area contributed by atoms with E-state index in [1.54, 1.807) is 7.11 Å². The SMILES string of the molecule is COc1ccc2[nH]c(C)c(C(O)CN)c2c1. The van der Waals surface area contributed by atoms with Gasteiger partial charge in [0.25, 0.3) is 0 Å². The van der Waals surface area contributed by atoms with Crippen LogP contribution in [0.2, 0.25) is 0 Å². The van der Waals surface area contributed by atoms with Crippen LogP contribution in [-0.2, 0) is 0 Å². The number of aryl methyl sites for hydroxylation is 1. The Bertz CT molecular complexity index is 505. The molecule has 1 unspecified atom stereocenters. The fraction of sp³-hybridized carbons (Fsp3) is 0.333. The molecule has 16 heavy (non-hydrogen) atoms. The fourth-order valence-corrected chi connectivity index (χ4v) is 2.00. The van der Waals surface area contributed by atoms with E-state index in [9.17, 15) is 5.11 Å². The number of nitrogens with one attached hydrogen (secondary N) is 1. The van der Waals surface area contributed by atoms with Crippen molar-refractivity contribution in [3.05, 3.63) is 29.5 Å². The number of H-pyrrole nitrogens is 1. The van der Waals surface area contributed by atoms with E-state index in [1.807, 2.05) is 25.1 Å². The minimum Gasteiger partial charge on any atom is -0.497 e. The highest BCUT2D eigenvalue weighted by Gasteiger charge is 2.15. The predicted molar refractivity (Wildman–Crippen MR) is 63.6 cm³/mol. The number of rotatable bonds is 3. The maximum absolute atomic E-state index is 9.87. The molecule has 1 atom stereocenters. The molecule has 0 aliphatic heterocycles. The van der Waals surface area contributed by atoms with Gasteiger partial charge in [-0.2, -0.15) is 0 Å². The zero-order chi connectivity index (χ0) is 11.7. The summed E-state index contributed by atoms with van der Waals surface area (Å²) >= 11 is 0. The first kappa shape index (κ1) is 11.0. The van der Waals surface area contributed by atoms with Crippen molar-refractivity contribution in [1.29, 1.82) is 0 Å². The summed E-state index contributed by atoms with van der Waals surface area (Å²) in [6, 6.07) is 5.73. The molecule has 2 aromatic rings. The number of ether oxygens (including phenoxy) is 1. The van der Waals surface area contributed by atoms with Crippen LogP contribution < -0.4 is 10.5 Å². The number of aromatic amines is 1. The van der Waals surface area contributed by atoms with Gasteiger partial charge in [-0.3, -0.25) is 0 Å². The summed E-state index contributed by atoms with van der Waals surface area (Å²) in [5.41, 5.74) is 8.29. The molecule has 86 valence electrons. The number of aromatic nitrogens is 1. The molecule has 0 fully saturated rings. The predicted octanol–water partition coefficient (Wildman–Crippen LogP) is 1.48. The highest BCUT2D eigenvalue weighted by molar-refractivity contribution is 5.86. The highest BCUT2D eigenvalue weighted by Crippen LogP contribution is 2.30. The standard InChI is InChI=1S/C12H16N2O2/c1-7-12(11(15)6-13)9-5-8(16-2)3-4-10(9)14-7/h3-5,11,14-15H,6,13H2,1-2H3. The molecule has 0 aliphatic carbocycles. The molecule has 1 heterocycles. The van der Waals surface area contributed by atoms with Crippen LogP contribution in [0, 0.1) is 6.92 Å². The van der Waals surface area contributed by atoms with E-state index in [4.69, 9.17) is 10.5 Å². The molecule has 0 saturated heterocycles. The van der Waals surface area contributed by atoms with Gasteiger partial charge < -0.3 is 20.6 Å². The van der Waals surface area contributed by atoms with Crippen LogP contribution in [0.4, 0.5) is 0 Å². The lowest BCUT2D eigenvalue weighted by molar-refractivity contribution is 0.187. The smallest absolute Gasteiger partial charge is 0.119 e. The summed E-state index contributed by atoms with van der Waals surface area (Å²) in [4.78, 5) is 3.22. The minimum atomic E-state index is -0.638. The van der Waals surface area contributed by atoms with Crippen LogP contribution in [0.5, 0.6) is 5.75 Å². The maximum Gasteiger partial charge on any atom is 0.119 e. The second-order valence-electron chi connectivity index (χ2n) is 3.83. The van der Waals surface area contributed by atoms with Crippen LogP contribution >= 0.6 is 0 Å². The lowest BCUT2D eigenvalue weighted by Gasteiger charge is -2.08. The number of benzene rings is 1. The molecule has 4 heteroatoms. The molecule has 0 spiro atoms. The van der Waals surface area contributed by atoms with Crippen molar-refractivity contribution < 1.29 is 9.84 Å². The van der Waals surface area contributed by atoms with E-state index in [2.05, 4.69) is 4.98 Å².